The number of phenolic OH excluding ortho intramolecular Hbond substituents is 1. The van der Waals surface area contributed by atoms with Crippen LogP contribution in [-0.2, 0) is 5.54 Å². The van der Waals surface area contributed by atoms with E-state index in [1.165, 1.54) is 38.8 Å². The molecule has 15 heavy (non-hydrogen) atoms. The highest BCUT2D eigenvalue weighted by Crippen LogP contribution is 2.49. The number of benzene rings is 1. The third-order valence-electron chi connectivity index (χ3n) is 4.07. The molecule has 0 radical (unpaired) electrons. The molecule has 0 spiro atoms. The zero-order valence-corrected chi connectivity index (χ0v) is 8.95. The summed E-state index contributed by atoms with van der Waals surface area (Å²) in [7, 11) is 0. The lowest BCUT2D eigenvalue weighted by Gasteiger charge is -2.56. The highest BCUT2D eigenvalue weighted by Gasteiger charge is 2.48. The molecule has 0 aliphatic carbocycles. The number of piperidine rings is 1. The standard InChI is InChI=1S/C13H17NO/c15-12-6-2-1-5-11(12)13-7-3-4-9-14(13)10-8-13/h1-2,5-6,15H,3-4,7-10H2. The van der Waals surface area contributed by atoms with Gasteiger partial charge in [0, 0.05) is 12.1 Å². The predicted octanol–water partition coefficient (Wildman–Crippen LogP) is 2.48. The maximum Gasteiger partial charge on any atom is 0.120 e. The van der Waals surface area contributed by atoms with Crippen molar-refractivity contribution in [1.82, 2.24) is 4.90 Å². The van der Waals surface area contributed by atoms with Crippen LogP contribution in [0, 0.1) is 0 Å². The van der Waals surface area contributed by atoms with Crippen molar-refractivity contribution in [3.05, 3.63) is 29.8 Å². The van der Waals surface area contributed by atoms with Crippen LogP contribution in [0.1, 0.15) is 31.2 Å². The number of phenols is 1. The van der Waals surface area contributed by atoms with E-state index in [1.807, 2.05) is 18.2 Å². The summed E-state index contributed by atoms with van der Waals surface area (Å²) in [6, 6.07) is 7.85. The van der Waals surface area contributed by atoms with Crippen molar-refractivity contribution >= 4 is 0 Å². The molecule has 0 amide bonds. The lowest BCUT2D eigenvalue weighted by molar-refractivity contribution is -0.0519. The molecule has 2 fully saturated rings. The molecule has 2 aliphatic rings. The highest BCUT2D eigenvalue weighted by atomic mass is 16.3. The average molecular weight is 203 g/mol. The van der Waals surface area contributed by atoms with Crippen molar-refractivity contribution in [3.63, 3.8) is 0 Å². The Hall–Kier alpha value is -1.02. The van der Waals surface area contributed by atoms with Crippen molar-refractivity contribution < 1.29 is 5.11 Å². The monoisotopic (exact) mass is 203 g/mol. The summed E-state index contributed by atoms with van der Waals surface area (Å²) in [6.45, 7) is 2.41. The topological polar surface area (TPSA) is 23.5 Å². The molecule has 2 nitrogen and oxygen atoms in total. The van der Waals surface area contributed by atoms with Crippen molar-refractivity contribution in [1.29, 1.82) is 0 Å². The lowest BCUT2D eigenvalue weighted by Crippen LogP contribution is -2.59. The first-order chi connectivity index (χ1) is 7.33. The van der Waals surface area contributed by atoms with Crippen LogP contribution >= 0.6 is 0 Å². The summed E-state index contributed by atoms with van der Waals surface area (Å²) in [6.07, 6.45) is 5.04. The molecule has 3 rings (SSSR count). The maximum absolute atomic E-state index is 9.95. The van der Waals surface area contributed by atoms with E-state index in [0.717, 1.165) is 5.56 Å². The smallest absolute Gasteiger partial charge is 0.120 e. The highest BCUT2D eigenvalue weighted by molar-refractivity contribution is 5.40. The van der Waals surface area contributed by atoms with E-state index in [1.54, 1.807) is 0 Å². The minimum Gasteiger partial charge on any atom is -0.508 e. The van der Waals surface area contributed by atoms with Crippen molar-refractivity contribution in [3.8, 4) is 5.75 Å². The SMILES string of the molecule is Oc1ccccc1C12CCCCN1CC2. The third kappa shape index (κ3) is 1.21. The van der Waals surface area contributed by atoms with Crippen LogP contribution in [0.2, 0.25) is 0 Å². The maximum atomic E-state index is 9.95. The van der Waals surface area contributed by atoms with Crippen LogP contribution < -0.4 is 0 Å². The number of rotatable bonds is 1. The van der Waals surface area contributed by atoms with Crippen LogP contribution in [0.4, 0.5) is 0 Å². The van der Waals surface area contributed by atoms with Crippen LogP contribution in [0.15, 0.2) is 24.3 Å². The molecule has 0 aromatic heterocycles. The first kappa shape index (κ1) is 9.22. The number of para-hydroxylation sites is 1. The first-order valence-electron chi connectivity index (χ1n) is 5.86. The second-order valence-electron chi connectivity index (χ2n) is 4.74. The van der Waals surface area contributed by atoms with Gasteiger partial charge in [-0.1, -0.05) is 18.2 Å². The van der Waals surface area contributed by atoms with Crippen molar-refractivity contribution in [2.24, 2.45) is 0 Å². The van der Waals surface area contributed by atoms with Gasteiger partial charge in [-0.15, -0.1) is 0 Å². The Bertz CT molecular complexity index is 377. The summed E-state index contributed by atoms with van der Waals surface area (Å²) >= 11 is 0. The molecule has 1 aromatic rings. The molecular weight excluding hydrogens is 186 g/mol. The van der Waals surface area contributed by atoms with Gasteiger partial charge in [-0.05, 0) is 38.3 Å². The first-order valence-corrected chi connectivity index (χ1v) is 5.86. The Kier molecular flexibility index (Phi) is 1.99. The molecule has 2 heterocycles. The molecule has 0 bridgehead atoms. The van der Waals surface area contributed by atoms with Gasteiger partial charge >= 0.3 is 0 Å². The van der Waals surface area contributed by atoms with Gasteiger partial charge < -0.3 is 5.11 Å². The van der Waals surface area contributed by atoms with E-state index in [9.17, 15) is 5.11 Å². The van der Waals surface area contributed by atoms with Gasteiger partial charge in [0.05, 0.1) is 5.54 Å². The van der Waals surface area contributed by atoms with Gasteiger partial charge in [0.15, 0.2) is 0 Å². The Morgan fingerprint density at radius 3 is 2.60 bits per heavy atom. The minimum atomic E-state index is 0.184. The largest absolute Gasteiger partial charge is 0.508 e. The molecule has 1 aromatic carbocycles. The Labute approximate surface area is 90.5 Å². The Morgan fingerprint density at radius 2 is 1.93 bits per heavy atom. The number of aromatic hydroxyl groups is 1. The van der Waals surface area contributed by atoms with E-state index in [0.29, 0.717) is 5.75 Å². The van der Waals surface area contributed by atoms with Crippen LogP contribution in [-0.4, -0.2) is 23.1 Å². The Morgan fingerprint density at radius 1 is 1.07 bits per heavy atom. The predicted molar refractivity (Wildman–Crippen MR) is 59.8 cm³/mol. The zero-order valence-electron chi connectivity index (χ0n) is 8.95. The summed E-state index contributed by atoms with van der Waals surface area (Å²) in [5.74, 6) is 0.476. The van der Waals surface area contributed by atoms with Gasteiger partial charge in [-0.3, -0.25) is 4.90 Å². The number of hydrogen-bond donors (Lipinski definition) is 1. The third-order valence-corrected chi connectivity index (χ3v) is 4.07. The summed E-state index contributed by atoms with van der Waals surface area (Å²) in [5.41, 5.74) is 1.33. The average Bonchev–Trinajstić information content (AvgIpc) is 2.22. The van der Waals surface area contributed by atoms with Gasteiger partial charge in [0.25, 0.3) is 0 Å². The van der Waals surface area contributed by atoms with E-state index in [4.69, 9.17) is 0 Å². The van der Waals surface area contributed by atoms with E-state index in [-0.39, 0.29) is 5.54 Å². The molecule has 1 unspecified atom stereocenters. The fraction of sp³-hybridized carbons (Fsp3) is 0.538. The molecule has 1 atom stereocenters. The van der Waals surface area contributed by atoms with Crippen molar-refractivity contribution in [2.45, 2.75) is 31.2 Å². The normalized spacial score (nSPS) is 30.7. The quantitative estimate of drug-likeness (QED) is 0.758. The minimum absolute atomic E-state index is 0.184. The van der Waals surface area contributed by atoms with Crippen LogP contribution in [0.3, 0.4) is 0 Å². The van der Waals surface area contributed by atoms with Gasteiger partial charge in [-0.2, -0.15) is 0 Å². The fourth-order valence-electron chi connectivity index (χ4n) is 3.18. The zero-order chi connectivity index (χ0) is 10.3. The molecule has 2 saturated heterocycles. The van der Waals surface area contributed by atoms with Crippen LogP contribution in [0.5, 0.6) is 5.75 Å². The number of hydrogen-bond acceptors (Lipinski definition) is 2. The fourth-order valence-corrected chi connectivity index (χ4v) is 3.18. The van der Waals surface area contributed by atoms with Crippen LogP contribution in [0.25, 0.3) is 0 Å². The van der Waals surface area contributed by atoms with Gasteiger partial charge in [0.1, 0.15) is 5.75 Å². The summed E-state index contributed by atoms with van der Waals surface area (Å²) < 4.78 is 0. The van der Waals surface area contributed by atoms with Gasteiger partial charge in [-0.25, -0.2) is 0 Å². The van der Waals surface area contributed by atoms with Gasteiger partial charge in [0.2, 0.25) is 0 Å². The lowest BCUT2D eigenvalue weighted by atomic mass is 9.72. The molecule has 0 saturated carbocycles. The second-order valence-corrected chi connectivity index (χ2v) is 4.74. The summed E-state index contributed by atoms with van der Waals surface area (Å²) in [5, 5.41) is 9.95. The molecular formula is C13H17NO. The molecule has 1 N–H and O–H groups in total. The molecule has 2 aliphatic heterocycles. The number of nitrogens with zero attached hydrogens (tertiary/aromatic N) is 1. The van der Waals surface area contributed by atoms with E-state index < -0.39 is 0 Å². The Balaban J connectivity index is 2.01. The molecule has 80 valence electrons. The van der Waals surface area contributed by atoms with E-state index in [2.05, 4.69) is 11.0 Å². The van der Waals surface area contributed by atoms with Crippen molar-refractivity contribution in [2.75, 3.05) is 13.1 Å². The molecule has 2 heteroatoms. The summed E-state index contributed by atoms with van der Waals surface area (Å²) in [4.78, 5) is 2.53. The van der Waals surface area contributed by atoms with E-state index >= 15 is 0 Å². The number of fused-ring (bicyclic) bond motifs is 1. The second kappa shape index (κ2) is 3.24.